The maximum Gasteiger partial charge on any atom is 0.241 e. The van der Waals surface area contributed by atoms with Gasteiger partial charge >= 0.3 is 0 Å². The summed E-state index contributed by atoms with van der Waals surface area (Å²) in [5, 5.41) is 11.8. The van der Waals surface area contributed by atoms with Crippen LogP contribution in [0.5, 0.6) is 0 Å². The fourth-order valence-electron chi connectivity index (χ4n) is 0.542. The van der Waals surface area contributed by atoms with Crippen LogP contribution >= 0.6 is 12.2 Å². The van der Waals surface area contributed by atoms with Crippen LogP contribution in [0, 0.1) is 4.77 Å². The molecule has 0 aliphatic rings. The number of tetrazole rings is 1. The van der Waals surface area contributed by atoms with E-state index in [1.54, 1.807) is 7.05 Å². The second-order valence-electron chi connectivity index (χ2n) is 1.84. The van der Waals surface area contributed by atoms with Crippen molar-refractivity contribution >= 4 is 18.1 Å². The summed E-state index contributed by atoms with van der Waals surface area (Å²) in [6.07, 6.45) is 0. The van der Waals surface area contributed by atoms with Crippen molar-refractivity contribution in [1.82, 2.24) is 25.5 Å². The highest BCUT2D eigenvalue weighted by Crippen LogP contribution is 1.81. The fourth-order valence-corrected chi connectivity index (χ4v) is 0.688. The summed E-state index contributed by atoms with van der Waals surface area (Å²) in [5.41, 5.74) is 0. The van der Waals surface area contributed by atoms with Gasteiger partial charge in [0, 0.05) is 7.05 Å². The zero-order valence-corrected chi connectivity index (χ0v) is 6.68. The summed E-state index contributed by atoms with van der Waals surface area (Å²) in [5.74, 6) is -0.146. The minimum Gasteiger partial charge on any atom is -0.358 e. The van der Waals surface area contributed by atoms with Gasteiger partial charge in [-0.05, 0) is 12.2 Å². The maximum absolute atomic E-state index is 10.8. The SMILES string of the molecule is CNC(=O)Cn1[nH]nnc1=S. The molecule has 0 saturated carbocycles. The van der Waals surface area contributed by atoms with Crippen LogP contribution in [0.3, 0.4) is 0 Å². The highest BCUT2D eigenvalue weighted by molar-refractivity contribution is 7.71. The lowest BCUT2D eigenvalue weighted by Crippen LogP contribution is -2.24. The lowest BCUT2D eigenvalue weighted by atomic mass is 10.6. The number of hydrogen-bond acceptors (Lipinski definition) is 4. The number of hydrogen-bond donors (Lipinski definition) is 2. The Morgan fingerprint density at radius 1 is 1.91 bits per heavy atom. The van der Waals surface area contributed by atoms with Crippen molar-refractivity contribution in [3.63, 3.8) is 0 Å². The molecule has 7 heteroatoms. The van der Waals surface area contributed by atoms with Gasteiger partial charge in [0.15, 0.2) is 0 Å². The number of likely N-dealkylation sites (N-methyl/N-ethyl adjacent to an activating group) is 1. The van der Waals surface area contributed by atoms with Gasteiger partial charge in [0.05, 0.1) is 0 Å². The highest BCUT2D eigenvalue weighted by atomic mass is 32.1. The van der Waals surface area contributed by atoms with Crippen LogP contribution in [0.1, 0.15) is 0 Å². The summed E-state index contributed by atoms with van der Waals surface area (Å²) < 4.78 is 1.64. The summed E-state index contributed by atoms with van der Waals surface area (Å²) in [4.78, 5) is 10.8. The molecular weight excluding hydrogens is 166 g/mol. The minimum atomic E-state index is -0.146. The molecule has 0 saturated heterocycles. The first-order valence-electron chi connectivity index (χ1n) is 2.92. The summed E-state index contributed by atoms with van der Waals surface area (Å²) in [7, 11) is 1.55. The second kappa shape index (κ2) is 3.24. The number of aromatic nitrogens is 4. The molecule has 2 N–H and O–H groups in total. The van der Waals surface area contributed by atoms with E-state index >= 15 is 0 Å². The molecule has 0 spiro atoms. The second-order valence-corrected chi connectivity index (χ2v) is 2.21. The average Bonchev–Trinajstić information content (AvgIpc) is 2.37. The molecule has 0 fully saturated rings. The molecule has 1 heterocycles. The normalized spacial score (nSPS) is 9.55. The number of aromatic amines is 1. The lowest BCUT2D eigenvalue weighted by Gasteiger charge is -1.97. The predicted octanol–water partition coefficient (Wildman–Crippen LogP) is -0.918. The molecule has 60 valence electrons. The van der Waals surface area contributed by atoms with E-state index in [2.05, 4.69) is 20.8 Å². The number of nitrogens with zero attached hydrogens (tertiary/aromatic N) is 3. The minimum absolute atomic E-state index is 0.127. The number of nitrogens with one attached hydrogen (secondary N) is 2. The van der Waals surface area contributed by atoms with E-state index < -0.39 is 0 Å². The predicted molar refractivity (Wildman–Crippen MR) is 39.3 cm³/mol. The summed E-state index contributed by atoms with van der Waals surface area (Å²) in [6.45, 7) is 0.127. The smallest absolute Gasteiger partial charge is 0.241 e. The van der Waals surface area contributed by atoms with Gasteiger partial charge in [0.2, 0.25) is 10.7 Å². The van der Waals surface area contributed by atoms with Crippen LogP contribution in [0.25, 0.3) is 0 Å². The van der Waals surface area contributed by atoms with E-state index in [4.69, 9.17) is 12.2 Å². The molecule has 0 radical (unpaired) electrons. The number of carbonyl (C=O) groups is 1. The number of carbonyl (C=O) groups excluding carboxylic acids is 1. The molecule has 0 atom stereocenters. The molecule has 1 aromatic heterocycles. The largest absolute Gasteiger partial charge is 0.358 e. The molecular formula is C4H7N5OS. The van der Waals surface area contributed by atoms with E-state index in [1.807, 2.05) is 0 Å². The topological polar surface area (TPSA) is 75.6 Å². The third-order valence-electron chi connectivity index (χ3n) is 1.11. The number of H-pyrrole nitrogens is 1. The van der Waals surface area contributed by atoms with Crippen LogP contribution in [-0.2, 0) is 11.3 Å². The van der Waals surface area contributed by atoms with Crippen molar-refractivity contribution < 1.29 is 4.79 Å². The van der Waals surface area contributed by atoms with Crippen molar-refractivity contribution in [2.45, 2.75) is 6.54 Å². The monoisotopic (exact) mass is 173 g/mol. The van der Waals surface area contributed by atoms with E-state index in [9.17, 15) is 4.79 Å². The molecule has 0 aliphatic heterocycles. The quantitative estimate of drug-likeness (QED) is 0.567. The Morgan fingerprint density at radius 2 is 2.64 bits per heavy atom. The third kappa shape index (κ3) is 1.84. The summed E-state index contributed by atoms with van der Waals surface area (Å²) in [6, 6.07) is 0. The first-order valence-corrected chi connectivity index (χ1v) is 3.33. The standard InChI is InChI=1S/C4H7N5OS/c1-5-3(10)2-9-4(11)6-7-8-9/h2H2,1H3,(H,5,10)(H,6,8,11). The van der Waals surface area contributed by atoms with Gasteiger partial charge < -0.3 is 5.32 Å². The zero-order valence-electron chi connectivity index (χ0n) is 5.87. The van der Waals surface area contributed by atoms with Crippen LogP contribution in [0.15, 0.2) is 0 Å². The van der Waals surface area contributed by atoms with Crippen molar-refractivity contribution in [3.8, 4) is 0 Å². The molecule has 0 aliphatic carbocycles. The van der Waals surface area contributed by atoms with Crippen LogP contribution in [0.4, 0.5) is 0 Å². The Bertz CT molecular complexity index is 301. The number of amides is 1. The van der Waals surface area contributed by atoms with E-state index in [1.165, 1.54) is 4.68 Å². The van der Waals surface area contributed by atoms with E-state index in [-0.39, 0.29) is 17.2 Å². The van der Waals surface area contributed by atoms with Gasteiger partial charge in [0.25, 0.3) is 0 Å². The first-order chi connectivity index (χ1) is 5.24. The van der Waals surface area contributed by atoms with E-state index in [0.717, 1.165) is 0 Å². The Morgan fingerprint density at radius 3 is 3.09 bits per heavy atom. The average molecular weight is 173 g/mol. The molecule has 1 aromatic rings. The van der Waals surface area contributed by atoms with Gasteiger partial charge in [0.1, 0.15) is 6.54 Å². The molecule has 6 nitrogen and oxygen atoms in total. The fraction of sp³-hybridized carbons (Fsp3) is 0.500. The molecule has 0 bridgehead atoms. The Labute approximate surface area is 67.6 Å². The summed E-state index contributed by atoms with van der Waals surface area (Å²) >= 11 is 4.73. The molecule has 0 unspecified atom stereocenters. The molecule has 1 rings (SSSR count). The molecule has 1 amide bonds. The van der Waals surface area contributed by atoms with Gasteiger partial charge in [-0.15, -0.1) is 0 Å². The first kappa shape index (κ1) is 7.86. The van der Waals surface area contributed by atoms with Gasteiger partial charge in [-0.1, -0.05) is 10.3 Å². The maximum atomic E-state index is 10.8. The van der Waals surface area contributed by atoms with Gasteiger partial charge in [-0.3, -0.25) is 4.79 Å². The van der Waals surface area contributed by atoms with Crippen LogP contribution in [-0.4, -0.2) is 33.2 Å². The highest BCUT2D eigenvalue weighted by Gasteiger charge is 2.00. The third-order valence-corrected chi connectivity index (χ3v) is 1.41. The zero-order chi connectivity index (χ0) is 8.27. The Balaban J connectivity index is 2.72. The van der Waals surface area contributed by atoms with Crippen molar-refractivity contribution in [3.05, 3.63) is 4.77 Å². The Kier molecular flexibility index (Phi) is 2.32. The van der Waals surface area contributed by atoms with Gasteiger partial charge in [-0.25, -0.2) is 4.68 Å². The van der Waals surface area contributed by atoms with Crippen LogP contribution in [0.2, 0.25) is 0 Å². The van der Waals surface area contributed by atoms with Crippen molar-refractivity contribution in [2.75, 3.05) is 7.05 Å². The molecule has 0 aromatic carbocycles. The van der Waals surface area contributed by atoms with Crippen LogP contribution < -0.4 is 5.32 Å². The Hall–Kier alpha value is -1.24. The molecule has 11 heavy (non-hydrogen) atoms. The van der Waals surface area contributed by atoms with Crippen molar-refractivity contribution in [1.29, 1.82) is 0 Å². The van der Waals surface area contributed by atoms with Gasteiger partial charge in [-0.2, -0.15) is 5.21 Å². The van der Waals surface area contributed by atoms with Crippen molar-refractivity contribution in [2.24, 2.45) is 0 Å². The number of rotatable bonds is 2. The lowest BCUT2D eigenvalue weighted by molar-refractivity contribution is -0.121. The van der Waals surface area contributed by atoms with E-state index in [0.29, 0.717) is 0 Å².